The lowest BCUT2D eigenvalue weighted by Crippen LogP contribution is -2.28. The first-order chi connectivity index (χ1) is 7.90. The maximum Gasteiger partial charge on any atom is 0.309 e. The van der Waals surface area contributed by atoms with Crippen LogP contribution in [-0.4, -0.2) is 11.6 Å². The van der Waals surface area contributed by atoms with E-state index in [2.05, 4.69) is 13.8 Å². The molecule has 0 saturated carbocycles. The summed E-state index contributed by atoms with van der Waals surface area (Å²) in [6.07, 6.45) is 7.80. The van der Waals surface area contributed by atoms with Crippen LogP contribution < -0.4 is 0 Å². The average molecular weight is 242 g/mol. The van der Waals surface area contributed by atoms with Crippen molar-refractivity contribution in [1.29, 1.82) is 0 Å². The van der Waals surface area contributed by atoms with Crippen molar-refractivity contribution in [2.24, 2.45) is 5.92 Å². The second-order valence-corrected chi connectivity index (χ2v) is 5.87. The first kappa shape index (κ1) is 16.5. The maximum absolute atomic E-state index is 12.0. The molecule has 17 heavy (non-hydrogen) atoms. The molecule has 1 unspecified atom stereocenters. The minimum Gasteiger partial charge on any atom is -0.460 e. The molecule has 1 atom stereocenters. The van der Waals surface area contributed by atoms with Crippen molar-refractivity contribution >= 4 is 5.97 Å². The Balaban J connectivity index is 4.19. The van der Waals surface area contributed by atoms with Gasteiger partial charge in [-0.3, -0.25) is 4.79 Å². The molecule has 0 aromatic heterocycles. The zero-order valence-electron chi connectivity index (χ0n) is 12.3. The molecular weight excluding hydrogens is 212 g/mol. The van der Waals surface area contributed by atoms with Gasteiger partial charge in [0.15, 0.2) is 0 Å². The predicted molar refractivity (Wildman–Crippen MR) is 73.0 cm³/mol. The third kappa shape index (κ3) is 9.20. The van der Waals surface area contributed by atoms with Crippen LogP contribution in [0, 0.1) is 5.92 Å². The van der Waals surface area contributed by atoms with Gasteiger partial charge in [0.1, 0.15) is 5.60 Å². The topological polar surface area (TPSA) is 26.3 Å². The Labute approximate surface area is 107 Å². The van der Waals surface area contributed by atoms with Gasteiger partial charge >= 0.3 is 5.97 Å². The van der Waals surface area contributed by atoms with Gasteiger partial charge in [-0.15, -0.1) is 0 Å². The van der Waals surface area contributed by atoms with E-state index in [-0.39, 0.29) is 17.5 Å². The summed E-state index contributed by atoms with van der Waals surface area (Å²) in [6, 6.07) is 0. The van der Waals surface area contributed by atoms with Crippen molar-refractivity contribution in [1.82, 2.24) is 0 Å². The van der Waals surface area contributed by atoms with Crippen molar-refractivity contribution in [3.8, 4) is 0 Å². The monoisotopic (exact) mass is 242 g/mol. The van der Waals surface area contributed by atoms with Crippen LogP contribution in [-0.2, 0) is 9.53 Å². The number of ether oxygens (including phenoxy) is 1. The van der Waals surface area contributed by atoms with Gasteiger partial charge in [-0.05, 0) is 33.6 Å². The molecule has 0 bridgehead atoms. The highest BCUT2D eigenvalue weighted by molar-refractivity contribution is 5.72. The van der Waals surface area contributed by atoms with Crippen LogP contribution in [0.3, 0.4) is 0 Å². The fourth-order valence-electron chi connectivity index (χ4n) is 1.86. The number of rotatable bonds is 8. The number of carbonyl (C=O) groups is 1. The van der Waals surface area contributed by atoms with E-state index in [9.17, 15) is 4.79 Å². The Hall–Kier alpha value is -0.530. The van der Waals surface area contributed by atoms with Gasteiger partial charge in [-0.25, -0.2) is 0 Å². The SMILES string of the molecule is CCCCCC(CCCC)C(=O)OC(C)(C)C. The van der Waals surface area contributed by atoms with Gasteiger partial charge in [0.05, 0.1) is 5.92 Å². The van der Waals surface area contributed by atoms with Crippen LogP contribution in [0.4, 0.5) is 0 Å². The van der Waals surface area contributed by atoms with Crippen LogP contribution in [0.1, 0.15) is 79.6 Å². The zero-order valence-corrected chi connectivity index (χ0v) is 12.3. The van der Waals surface area contributed by atoms with Crippen molar-refractivity contribution < 1.29 is 9.53 Å². The van der Waals surface area contributed by atoms with Crippen LogP contribution >= 0.6 is 0 Å². The number of unbranched alkanes of at least 4 members (excludes halogenated alkanes) is 3. The lowest BCUT2D eigenvalue weighted by molar-refractivity contribution is -0.160. The Bertz CT molecular complexity index is 203. The molecule has 0 radical (unpaired) electrons. The highest BCUT2D eigenvalue weighted by Crippen LogP contribution is 2.21. The number of hydrogen-bond acceptors (Lipinski definition) is 2. The lowest BCUT2D eigenvalue weighted by atomic mass is 9.95. The molecule has 0 aliphatic carbocycles. The van der Waals surface area contributed by atoms with Crippen LogP contribution in [0.2, 0.25) is 0 Å². The number of hydrogen-bond donors (Lipinski definition) is 0. The van der Waals surface area contributed by atoms with Crippen molar-refractivity contribution in [2.45, 2.75) is 85.2 Å². The minimum atomic E-state index is -0.355. The largest absolute Gasteiger partial charge is 0.460 e. The number of carbonyl (C=O) groups excluding carboxylic acids is 1. The van der Waals surface area contributed by atoms with Gasteiger partial charge in [0.25, 0.3) is 0 Å². The molecule has 0 fully saturated rings. The molecule has 0 aromatic rings. The van der Waals surface area contributed by atoms with Crippen LogP contribution in [0.5, 0.6) is 0 Å². The van der Waals surface area contributed by atoms with Gasteiger partial charge in [0, 0.05) is 0 Å². The molecule has 2 heteroatoms. The Morgan fingerprint density at radius 3 is 2.00 bits per heavy atom. The summed E-state index contributed by atoms with van der Waals surface area (Å²) in [5.41, 5.74) is -0.355. The molecule has 0 amide bonds. The fourth-order valence-corrected chi connectivity index (χ4v) is 1.86. The van der Waals surface area contributed by atoms with Gasteiger partial charge in [-0.2, -0.15) is 0 Å². The van der Waals surface area contributed by atoms with Gasteiger partial charge in [-0.1, -0.05) is 46.0 Å². The summed E-state index contributed by atoms with van der Waals surface area (Å²) in [7, 11) is 0. The average Bonchev–Trinajstić information content (AvgIpc) is 2.20. The molecule has 0 rings (SSSR count). The molecular formula is C15H30O2. The van der Waals surface area contributed by atoms with Crippen molar-refractivity contribution in [3.63, 3.8) is 0 Å². The Morgan fingerprint density at radius 2 is 1.53 bits per heavy atom. The first-order valence-electron chi connectivity index (χ1n) is 7.13. The predicted octanol–water partition coefficient (Wildman–Crippen LogP) is 4.71. The molecule has 0 aliphatic rings. The summed E-state index contributed by atoms with van der Waals surface area (Å²) in [5.74, 6) is 0.114. The third-order valence-corrected chi connectivity index (χ3v) is 2.80. The first-order valence-corrected chi connectivity index (χ1v) is 7.13. The fraction of sp³-hybridized carbons (Fsp3) is 0.933. The summed E-state index contributed by atoms with van der Waals surface area (Å²) >= 11 is 0. The molecule has 0 aliphatic heterocycles. The highest BCUT2D eigenvalue weighted by Gasteiger charge is 2.24. The normalized spacial score (nSPS) is 13.5. The van der Waals surface area contributed by atoms with E-state index in [0.29, 0.717) is 0 Å². The lowest BCUT2D eigenvalue weighted by Gasteiger charge is -2.24. The van der Waals surface area contributed by atoms with E-state index in [1.165, 1.54) is 12.8 Å². The summed E-state index contributed by atoms with van der Waals surface area (Å²) in [6.45, 7) is 10.2. The van der Waals surface area contributed by atoms with Crippen molar-refractivity contribution in [2.75, 3.05) is 0 Å². The quantitative estimate of drug-likeness (QED) is 0.455. The van der Waals surface area contributed by atoms with E-state index < -0.39 is 0 Å². The molecule has 102 valence electrons. The maximum atomic E-state index is 12.0. The second-order valence-electron chi connectivity index (χ2n) is 5.87. The molecule has 2 nitrogen and oxygen atoms in total. The van der Waals surface area contributed by atoms with E-state index in [1.54, 1.807) is 0 Å². The van der Waals surface area contributed by atoms with E-state index >= 15 is 0 Å². The van der Waals surface area contributed by atoms with Gasteiger partial charge < -0.3 is 4.74 Å². The van der Waals surface area contributed by atoms with E-state index in [0.717, 1.165) is 32.1 Å². The highest BCUT2D eigenvalue weighted by atomic mass is 16.6. The Kier molecular flexibility index (Phi) is 8.28. The summed E-state index contributed by atoms with van der Waals surface area (Å²) < 4.78 is 5.49. The Morgan fingerprint density at radius 1 is 1.00 bits per heavy atom. The third-order valence-electron chi connectivity index (χ3n) is 2.80. The number of esters is 1. The molecule has 0 heterocycles. The molecule has 0 saturated heterocycles. The standard InChI is InChI=1S/C15H30O2/c1-6-8-10-12-13(11-9-7-2)14(16)17-15(3,4)5/h13H,6-12H2,1-5H3. The van der Waals surface area contributed by atoms with Crippen molar-refractivity contribution in [3.05, 3.63) is 0 Å². The van der Waals surface area contributed by atoms with E-state index in [1.807, 2.05) is 20.8 Å². The van der Waals surface area contributed by atoms with E-state index in [4.69, 9.17) is 4.74 Å². The van der Waals surface area contributed by atoms with Crippen LogP contribution in [0.25, 0.3) is 0 Å². The second kappa shape index (κ2) is 8.54. The zero-order chi connectivity index (χ0) is 13.3. The summed E-state index contributed by atoms with van der Waals surface area (Å²) in [4.78, 5) is 12.0. The van der Waals surface area contributed by atoms with Gasteiger partial charge in [0.2, 0.25) is 0 Å². The molecule has 0 N–H and O–H groups in total. The van der Waals surface area contributed by atoms with Crippen LogP contribution in [0.15, 0.2) is 0 Å². The molecule has 0 aromatic carbocycles. The minimum absolute atomic E-state index is 0.00190. The smallest absolute Gasteiger partial charge is 0.309 e. The summed E-state index contributed by atoms with van der Waals surface area (Å²) in [5, 5.41) is 0. The molecule has 0 spiro atoms.